The van der Waals surface area contributed by atoms with Gasteiger partial charge in [-0.25, -0.2) is 0 Å². The van der Waals surface area contributed by atoms with Crippen LogP contribution >= 0.6 is 17.0 Å². The van der Waals surface area contributed by atoms with E-state index in [2.05, 4.69) is 10.6 Å². The number of aliphatic carboxylic acids is 2. The maximum Gasteiger partial charge on any atom is 0.320 e. The van der Waals surface area contributed by atoms with Crippen molar-refractivity contribution in [3.8, 4) is 0 Å². The van der Waals surface area contributed by atoms with Crippen LogP contribution in [0.5, 0.6) is 0 Å². The highest BCUT2D eigenvalue weighted by Crippen LogP contribution is 2.02. The molecule has 0 rings (SSSR count). The summed E-state index contributed by atoms with van der Waals surface area (Å²) in [5.41, 5.74) is 0. The zero-order chi connectivity index (χ0) is 16.8. The van der Waals surface area contributed by atoms with E-state index in [1.54, 1.807) is 0 Å². The second kappa shape index (κ2) is 16.2. The quantitative estimate of drug-likeness (QED) is 0.317. The van der Waals surface area contributed by atoms with Crippen molar-refractivity contribution in [2.45, 2.75) is 77.3 Å². The number of carboxylic acids is 2. The van der Waals surface area contributed by atoms with Gasteiger partial charge in [0.15, 0.2) is 0 Å². The monoisotopic (exact) mass is 396 g/mol. The average molecular weight is 397 g/mol. The Kier molecular flexibility index (Phi) is 17.3. The summed E-state index contributed by atoms with van der Waals surface area (Å²) in [5, 5.41) is 24.1. The van der Waals surface area contributed by atoms with Crippen LogP contribution < -0.4 is 10.6 Å². The summed E-state index contributed by atoms with van der Waals surface area (Å²) in [7, 11) is 0. The Labute approximate surface area is 150 Å². The van der Waals surface area contributed by atoms with Gasteiger partial charge < -0.3 is 20.8 Å². The van der Waals surface area contributed by atoms with Crippen molar-refractivity contribution in [2.24, 2.45) is 0 Å². The van der Waals surface area contributed by atoms with E-state index in [0.29, 0.717) is 12.8 Å². The lowest BCUT2D eigenvalue weighted by Gasteiger charge is -2.14. The van der Waals surface area contributed by atoms with Crippen LogP contribution in [0.4, 0.5) is 0 Å². The highest BCUT2D eigenvalue weighted by Gasteiger charge is 2.15. The van der Waals surface area contributed by atoms with Crippen molar-refractivity contribution in [3.63, 3.8) is 0 Å². The van der Waals surface area contributed by atoms with Gasteiger partial charge in [0.25, 0.3) is 0 Å². The summed E-state index contributed by atoms with van der Waals surface area (Å²) in [5.74, 6) is -1.55. The fourth-order valence-electron chi connectivity index (χ4n) is 2.36. The third kappa shape index (κ3) is 13.5. The molecule has 2 atom stereocenters. The highest BCUT2D eigenvalue weighted by atomic mass is 79.9. The van der Waals surface area contributed by atoms with Crippen LogP contribution in [0.15, 0.2) is 0 Å². The van der Waals surface area contributed by atoms with E-state index in [1.807, 2.05) is 13.8 Å². The standard InChI is InChI=1S/C16H32N2O4.BrH/c1-3-9-13(15(19)20)17-11-7-5-6-8-12-18-14(10-4-2)16(21)22;/h13-14,17-18H,3-12H2,1-2H3,(H,19,20)(H,21,22);1H. The predicted octanol–water partition coefficient (Wildman–Crippen LogP) is 2.81. The molecule has 0 radical (unpaired) electrons. The summed E-state index contributed by atoms with van der Waals surface area (Å²) < 4.78 is 0. The molecule has 0 saturated heterocycles. The second-order valence-corrected chi connectivity index (χ2v) is 5.68. The maximum absolute atomic E-state index is 10.9. The Morgan fingerprint density at radius 2 is 1.13 bits per heavy atom. The van der Waals surface area contributed by atoms with Crippen molar-refractivity contribution in [1.29, 1.82) is 0 Å². The Morgan fingerprint density at radius 3 is 1.39 bits per heavy atom. The molecule has 0 aliphatic rings. The van der Waals surface area contributed by atoms with Gasteiger partial charge in [-0.1, -0.05) is 39.5 Å². The molecule has 0 aliphatic carbocycles. The molecule has 7 heteroatoms. The molecule has 0 aliphatic heterocycles. The van der Waals surface area contributed by atoms with E-state index in [9.17, 15) is 9.59 Å². The van der Waals surface area contributed by atoms with Crippen LogP contribution in [0.2, 0.25) is 0 Å². The molecule has 23 heavy (non-hydrogen) atoms. The van der Waals surface area contributed by atoms with E-state index in [0.717, 1.165) is 51.6 Å². The van der Waals surface area contributed by atoms with E-state index < -0.39 is 24.0 Å². The van der Waals surface area contributed by atoms with Crippen LogP contribution in [0.1, 0.15) is 65.2 Å². The van der Waals surface area contributed by atoms with Gasteiger partial charge in [-0.2, -0.15) is 0 Å². The van der Waals surface area contributed by atoms with Gasteiger partial charge >= 0.3 is 11.9 Å². The Hall–Kier alpha value is -0.660. The zero-order valence-electron chi connectivity index (χ0n) is 14.3. The number of hydrogen-bond acceptors (Lipinski definition) is 4. The molecule has 0 fully saturated rings. The van der Waals surface area contributed by atoms with Gasteiger partial charge in [0.2, 0.25) is 0 Å². The van der Waals surface area contributed by atoms with Crippen molar-refractivity contribution < 1.29 is 19.8 Å². The largest absolute Gasteiger partial charge is 0.480 e. The van der Waals surface area contributed by atoms with Crippen molar-refractivity contribution in [1.82, 2.24) is 10.6 Å². The van der Waals surface area contributed by atoms with Crippen LogP contribution in [0.25, 0.3) is 0 Å². The summed E-state index contributed by atoms with van der Waals surface area (Å²) in [6, 6.07) is -0.867. The summed E-state index contributed by atoms with van der Waals surface area (Å²) in [6.07, 6.45) is 6.99. The number of hydrogen-bond donors (Lipinski definition) is 4. The molecular formula is C16H33BrN2O4. The van der Waals surface area contributed by atoms with Crippen LogP contribution in [-0.4, -0.2) is 47.3 Å². The van der Waals surface area contributed by atoms with Gasteiger partial charge in [-0.05, 0) is 38.8 Å². The normalized spacial score (nSPS) is 13.1. The fraction of sp³-hybridized carbons (Fsp3) is 0.875. The maximum atomic E-state index is 10.9. The van der Waals surface area contributed by atoms with Gasteiger partial charge in [-0.15, -0.1) is 17.0 Å². The van der Waals surface area contributed by atoms with Gasteiger partial charge in [0.05, 0.1) is 0 Å². The molecule has 138 valence electrons. The smallest absolute Gasteiger partial charge is 0.320 e. The third-order valence-electron chi connectivity index (χ3n) is 3.64. The van der Waals surface area contributed by atoms with E-state index in [-0.39, 0.29) is 17.0 Å². The van der Waals surface area contributed by atoms with Crippen LogP contribution in [0, 0.1) is 0 Å². The minimum absolute atomic E-state index is 0. The number of unbranched alkanes of at least 4 members (excludes halogenated alkanes) is 3. The fourth-order valence-corrected chi connectivity index (χ4v) is 2.36. The SMILES string of the molecule is Br.CCCC(NCCCCCCNC(CCC)C(=O)O)C(=O)O. The molecule has 2 unspecified atom stereocenters. The minimum Gasteiger partial charge on any atom is -0.480 e. The molecule has 0 bridgehead atoms. The molecule has 0 saturated carbocycles. The summed E-state index contributed by atoms with van der Waals surface area (Å²) in [6.45, 7) is 5.40. The van der Waals surface area contributed by atoms with E-state index >= 15 is 0 Å². The lowest BCUT2D eigenvalue weighted by atomic mass is 10.1. The Balaban J connectivity index is 0. The zero-order valence-corrected chi connectivity index (χ0v) is 16.1. The average Bonchev–Trinajstić information content (AvgIpc) is 2.47. The molecule has 0 heterocycles. The van der Waals surface area contributed by atoms with E-state index in [4.69, 9.17) is 10.2 Å². The van der Waals surface area contributed by atoms with Gasteiger partial charge in [0.1, 0.15) is 12.1 Å². The topological polar surface area (TPSA) is 98.7 Å². The summed E-state index contributed by atoms with van der Waals surface area (Å²) >= 11 is 0. The number of halogens is 1. The summed E-state index contributed by atoms with van der Waals surface area (Å²) in [4.78, 5) is 21.9. The number of nitrogens with one attached hydrogen (secondary N) is 2. The first-order valence-electron chi connectivity index (χ1n) is 8.45. The molecule has 4 N–H and O–H groups in total. The lowest BCUT2D eigenvalue weighted by Crippen LogP contribution is -2.37. The molecule has 0 aromatic heterocycles. The van der Waals surface area contributed by atoms with E-state index in [1.165, 1.54) is 0 Å². The first-order valence-corrected chi connectivity index (χ1v) is 8.45. The minimum atomic E-state index is -0.776. The van der Waals surface area contributed by atoms with Gasteiger partial charge in [-0.3, -0.25) is 9.59 Å². The third-order valence-corrected chi connectivity index (χ3v) is 3.64. The number of carbonyl (C=O) groups is 2. The highest BCUT2D eigenvalue weighted by molar-refractivity contribution is 8.93. The van der Waals surface area contributed by atoms with Crippen molar-refractivity contribution >= 4 is 28.9 Å². The second-order valence-electron chi connectivity index (χ2n) is 5.68. The van der Waals surface area contributed by atoms with Crippen molar-refractivity contribution in [3.05, 3.63) is 0 Å². The molecular weight excluding hydrogens is 364 g/mol. The van der Waals surface area contributed by atoms with Crippen LogP contribution in [-0.2, 0) is 9.59 Å². The van der Waals surface area contributed by atoms with Crippen LogP contribution in [0.3, 0.4) is 0 Å². The Bertz CT molecular complexity index is 286. The molecule has 0 spiro atoms. The Morgan fingerprint density at radius 1 is 0.783 bits per heavy atom. The molecule has 0 aromatic carbocycles. The molecule has 6 nitrogen and oxygen atoms in total. The molecule has 0 aromatic rings. The molecule has 0 amide bonds. The predicted molar refractivity (Wildman–Crippen MR) is 97.5 cm³/mol. The number of carboxylic acid groups (broad SMARTS) is 2. The first kappa shape index (κ1) is 24.6. The van der Waals surface area contributed by atoms with Crippen molar-refractivity contribution in [2.75, 3.05) is 13.1 Å². The lowest BCUT2D eigenvalue weighted by molar-refractivity contribution is -0.140. The van der Waals surface area contributed by atoms with Gasteiger partial charge in [0, 0.05) is 0 Å². The first-order chi connectivity index (χ1) is 10.5. The number of rotatable bonds is 15.